The Bertz CT molecular complexity index is 1160. The molecule has 0 saturated carbocycles. The van der Waals surface area contributed by atoms with Gasteiger partial charge in [-0.3, -0.25) is 4.79 Å². The third kappa shape index (κ3) is 8.13. The van der Waals surface area contributed by atoms with Gasteiger partial charge in [-0.05, 0) is 60.7 Å². The largest absolute Gasteiger partial charge is 0.507 e. The second kappa shape index (κ2) is 14.1. The van der Waals surface area contributed by atoms with Crippen molar-refractivity contribution in [2.24, 2.45) is 0 Å². The molecule has 0 aliphatic carbocycles. The first-order chi connectivity index (χ1) is 17.9. The molecule has 0 amide bonds. The monoisotopic (exact) mass is 510 g/mol. The number of carboxylic acid groups (broad SMARTS) is 1. The zero-order valence-electron chi connectivity index (χ0n) is 21.5. The molecule has 3 aromatic rings. The van der Waals surface area contributed by atoms with E-state index in [4.69, 9.17) is 19.3 Å². The van der Waals surface area contributed by atoms with Crippen LogP contribution in [0.2, 0.25) is 0 Å². The summed E-state index contributed by atoms with van der Waals surface area (Å²) >= 11 is 0. The number of hydrogen-bond donors (Lipinski definition) is 2. The minimum Gasteiger partial charge on any atom is -0.507 e. The molecular formula is C30H35FO6. The van der Waals surface area contributed by atoms with Gasteiger partial charge in [-0.25, -0.2) is 4.39 Å². The molecule has 198 valence electrons. The van der Waals surface area contributed by atoms with Crippen molar-refractivity contribution in [3.05, 3.63) is 71.5 Å². The number of ether oxygens (including phenoxy) is 3. The van der Waals surface area contributed by atoms with Crippen molar-refractivity contribution in [3.8, 4) is 34.1 Å². The standard InChI is InChI=1S/C30H35FO6/c1-3-5-16-35-27-8-6-9-28(24(27)14-15-30(33)34)36-17-7-18-37-29-20-26(32)25(19-21(29)4-2)22-10-12-23(31)13-11-22/h6,8-13,19-20,32H,3-5,7,14-18H2,1-2H3,(H,33,34). The van der Waals surface area contributed by atoms with Gasteiger partial charge < -0.3 is 24.4 Å². The summed E-state index contributed by atoms with van der Waals surface area (Å²) in [5.41, 5.74) is 3.05. The van der Waals surface area contributed by atoms with Gasteiger partial charge in [0.05, 0.1) is 19.8 Å². The molecule has 0 aliphatic rings. The molecule has 0 unspecified atom stereocenters. The van der Waals surface area contributed by atoms with Gasteiger partial charge in [0, 0.05) is 30.0 Å². The lowest BCUT2D eigenvalue weighted by molar-refractivity contribution is -0.136. The molecule has 0 saturated heterocycles. The van der Waals surface area contributed by atoms with Gasteiger partial charge in [-0.15, -0.1) is 0 Å². The Morgan fingerprint density at radius 2 is 1.49 bits per heavy atom. The van der Waals surface area contributed by atoms with E-state index in [1.807, 2.05) is 31.2 Å². The maximum atomic E-state index is 13.3. The molecule has 0 atom stereocenters. The number of unbranched alkanes of at least 4 members (excludes halogenated alkanes) is 1. The predicted molar refractivity (Wildman–Crippen MR) is 141 cm³/mol. The number of carbonyl (C=O) groups is 1. The van der Waals surface area contributed by atoms with Crippen LogP contribution in [0.25, 0.3) is 11.1 Å². The lowest BCUT2D eigenvalue weighted by Gasteiger charge is -2.17. The van der Waals surface area contributed by atoms with Crippen LogP contribution in [-0.2, 0) is 17.6 Å². The zero-order valence-corrected chi connectivity index (χ0v) is 21.5. The lowest BCUT2D eigenvalue weighted by Crippen LogP contribution is -2.09. The van der Waals surface area contributed by atoms with Gasteiger partial charge >= 0.3 is 5.97 Å². The highest BCUT2D eigenvalue weighted by atomic mass is 19.1. The number of aryl methyl sites for hydroxylation is 1. The molecule has 6 nitrogen and oxygen atoms in total. The SMILES string of the molecule is CCCCOc1cccc(OCCCOc2cc(O)c(-c3ccc(F)cc3)cc2CC)c1CCC(=O)O. The Hall–Kier alpha value is -3.74. The van der Waals surface area contributed by atoms with Gasteiger partial charge in [0.25, 0.3) is 0 Å². The summed E-state index contributed by atoms with van der Waals surface area (Å²) in [5, 5.41) is 19.7. The third-order valence-electron chi connectivity index (χ3n) is 5.95. The van der Waals surface area contributed by atoms with E-state index in [2.05, 4.69) is 6.92 Å². The predicted octanol–water partition coefficient (Wildman–Crippen LogP) is 6.80. The fourth-order valence-electron chi connectivity index (χ4n) is 3.93. The molecule has 7 heteroatoms. The quantitative estimate of drug-likeness (QED) is 0.219. The van der Waals surface area contributed by atoms with Crippen LogP contribution in [0.1, 0.15) is 50.7 Å². The highest BCUT2D eigenvalue weighted by Crippen LogP contribution is 2.36. The van der Waals surface area contributed by atoms with Crippen molar-refractivity contribution in [1.82, 2.24) is 0 Å². The molecule has 0 aliphatic heterocycles. The molecule has 37 heavy (non-hydrogen) atoms. The summed E-state index contributed by atoms with van der Waals surface area (Å²) in [4.78, 5) is 11.1. The number of rotatable bonds is 15. The number of benzene rings is 3. The van der Waals surface area contributed by atoms with Crippen LogP contribution in [0.15, 0.2) is 54.6 Å². The second-order valence-electron chi connectivity index (χ2n) is 8.72. The van der Waals surface area contributed by atoms with Crippen LogP contribution in [0.3, 0.4) is 0 Å². The third-order valence-corrected chi connectivity index (χ3v) is 5.95. The van der Waals surface area contributed by atoms with Crippen LogP contribution in [-0.4, -0.2) is 36.0 Å². The Labute approximate surface area is 217 Å². The summed E-state index contributed by atoms with van der Waals surface area (Å²) in [5.74, 6) is 0.741. The lowest BCUT2D eigenvalue weighted by atomic mass is 10.00. The van der Waals surface area contributed by atoms with Crippen LogP contribution in [0.5, 0.6) is 23.0 Å². The fraction of sp³-hybridized carbons (Fsp3) is 0.367. The van der Waals surface area contributed by atoms with Crippen LogP contribution in [0.4, 0.5) is 4.39 Å². The summed E-state index contributed by atoms with van der Waals surface area (Å²) in [6.45, 7) is 5.41. The second-order valence-corrected chi connectivity index (χ2v) is 8.72. The van der Waals surface area contributed by atoms with E-state index in [-0.39, 0.29) is 18.0 Å². The maximum Gasteiger partial charge on any atom is 0.303 e. The van der Waals surface area contributed by atoms with Gasteiger partial charge in [0.2, 0.25) is 0 Å². The number of carboxylic acids is 1. The number of phenolic OH excluding ortho intramolecular Hbond substituents is 1. The van der Waals surface area contributed by atoms with E-state index >= 15 is 0 Å². The highest BCUT2D eigenvalue weighted by Gasteiger charge is 2.14. The van der Waals surface area contributed by atoms with Gasteiger partial charge in [-0.1, -0.05) is 38.5 Å². The number of phenols is 1. The van der Waals surface area contributed by atoms with E-state index in [9.17, 15) is 14.3 Å². The molecule has 3 aromatic carbocycles. The molecule has 0 bridgehead atoms. The number of aromatic hydroxyl groups is 1. The summed E-state index contributed by atoms with van der Waals surface area (Å²) in [6, 6.07) is 15.0. The topological polar surface area (TPSA) is 85.2 Å². The molecule has 0 spiro atoms. The number of halogens is 1. The minimum atomic E-state index is -0.872. The van der Waals surface area contributed by atoms with Gasteiger partial charge in [-0.2, -0.15) is 0 Å². The fourth-order valence-corrected chi connectivity index (χ4v) is 3.93. The first kappa shape index (κ1) is 27.8. The highest BCUT2D eigenvalue weighted by molar-refractivity contribution is 5.72. The van der Waals surface area contributed by atoms with E-state index < -0.39 is 5.97 Å². The first-order valence-electron chi connectivity index (χ1n) is 12.8. The van der Waals surface area contributed by atoms with E-state index in [0.29, 0.717) is 61.9 Å². The minimum absolute atomic E-state index is 0.00910. The average molecular weight is 511 g/mol. The van der Waals surface area contributed by atoms with Crippen LogP contribution in [0, 0.1) is 5.82 Å². The molecular weight excluding hydrogens is 475 g/mol. The van der Waals surface area contributed by atoms with E-state index in [1.165, 1.54) is 12.1 Å². The van der Waals surface area contributed by atoms with Gasteiger partial charge in [0.15, 0.2) is 0 Å². The van der Waals surface area contributed by atoms with Crippen molar-refractivity contribution in [2.75, 3.05) is 19.8 Å². The van der Waals surface area contributed by atoms with Crippen molar-refractivity contribution >= 4 is 5.97 Å². The molecule has 0 fully saturated rings. The molecule has 2 N–H and O–H groups in total. The first-order valence-corrected chi connectivity index (χ1v) is 12.8. The maximum absolute atomic E-state index is 13.3. The van der Waals surface area contributed by atoms with E-state index in [0.717, 1.165) is 29.5 Å². The van der Waals surface area contributed by atoms with Crippen molar-refractivity contribution < 1.29 is 33.6 Å². The Morgan fingerprint density at radius 1 is 0.865 bits per heavy atom. The average Bonchev–Trinajstić information content (AvgIpc) is 2.88. The van der Waals surface area contributed by atoms with Crippen molar-refractivity contribution in [1.29, 1.82) is 0 Å². The molecule has 0 radical (unpaired) electrons. The normalized spacial score (nSPS) is 10.8. The summed E-state index contributed by atoms with van der Waals surface area (Å²) < 4.78 is 31.1. The molecule has 0 aromatic heterocycles. The number of aliphatic carboxylic acids is 1. The summed E-state index contributed by atoms with van der Waals surface area (Å²) in [6.07, 6.45) is 3.53. The van der Waals surface area contributed by atoms with Gasteiger partial charge in [0.1, 0.15) is 28.8 Å². The van der Waals surface area contributed by atoms with Crippen molar-refractivity contribution in [3.63, 3.8) is 0 Å². The number of hydrogen-bond acceptors (Lipinski definition) is 5. The smallest absolute Gasteiger partial charge is 0.303 e. The van der Waals surface area contributed by atoms with Crippen molar-refractivity contribution in [2.45, 2.75) is 52.4 Å². The molecule has 0 heterocycles. The van der Waals surface area contributed by atoms with E-state index in [1.54, 1.807) is 18.2 Å². The summed E-state index contributed by atoms with van der Waals surface area (Å²) in [7, 11) is 0. The zero-order chi connectivity index (χ0) is 26.6. The Kier molecular flexibility index (Phi) is 10.6. The van der Waals surface area contributed by atoms with Crippen LogP contribution < -0.4 is 14.2 Å². The Morgan fingerprint density at radius 3 is 2.08 bits per heavy atom. The molecule has 3 rings (SSSR count). The van der Waals surface area contributed by atoms with Crippen LogP contribution >= 0.6 is 0 Å². The Balaban J connectivity index is 1.61.